The van der Waals surface area contributed by atoms with Crippen molar-refractivity contribution in [3.8, 4) is 0 Å². The van der Waals surface area contributed by atoms with Crippen LogP contribution in [0.2, 0.25) is 0 Å². The summed E-state index contributed by atoms with van der Waals surface area (Å²) in [5.74, 6) is -0.0988. The molecule has 1 aromatic rings. The van der Waals surface area contributed by atoms with Gasteiger partial charge in [-0.25, -0.2) is 0 Å². The van der Waals surface area contributed by atoms with Crippen LogP contribution in [0.3, 0.4) is 0 Å². The van der Waals surface area contributed by atoms with Gasteiger partial charge in [-0.1, -0.05) is 6.92 Å². The third kappa shape index (κ3) is 3.10. The van der Waals surface area contributed by atoms with E-state index in [4.69, 9.17) is 9.15 Å². The van der Waals surface area contributed by atoms with E-state index in [2.05, 4.69) is 28.2 Å². The molecule has 0 atom stereocenters. The van der Waals surface area contributed by atoms with E-state index in [-0.39, 0.29) is 11.3 Å². The van der Waals surface area contributed by atoms with Crippen molar-refractivity contribution < 1.29 is 13.9 Å². The van der Waals surface area contributed by atoms with Gasteiger partial charge < -0.3 is 14.5 Å². The molecule has 94 valence electrons. The van der Waals surface area contributed by atoms with Crippen LogP contribution in [-0.4, -0.2) is 25.7 Å². The molecule has 1 amide bonds. The SMILES string of the molecule is CC1(CNC(=O)c2ccoc2Br)CCOCC1. The Morgan fingerprint density at radius 1 is 1.53 bits per heavy atom. The summed E-state index contributed by atoms with van der Waals surface area (Å²) < 4.78 is 10.8. The number of rotatable bonds is 3. The molecule has 1 aromatic heterocycles. The van der Waals surface area contributed by atoms with Crippen molar-refractivity contribution in [2.45, 2.75) is 19.8 Å². The smallest absolute Gasteiger partial charge is 0.255 e. The Morgan fingerprint density at radius 3 is 2.82 bits per heavy atom. The number of hydrogen-bond donors (Lipinski definition) is 1. The maximum atomic E-state index is 11.9. The molecular formula is C12H16BrNO3. The Hall–Kier alpha value is -0.810. The molecule has 1 aliphatic heterocycles. The van der Waals surface area contributed by atoms with Gasteiger partial charge in [0.2, 0.25) is 0 Å². The van der Waals surface area contributed by atoms with Gasteiger partial charge in [0.15, 0.2) is 4.67 Å². The van der Waals surface area contributed by atoms with Crippen LogP contribution in [0.4, 0.5) is 0 Å². The van der Waals surface area contributed by atoms with Crippen LogP contribution in [0.15, 0.2) is 21.4 Å². The molecule has 1 N–H and O–H groups in total. The van der Waals surface area contributed by atoms with E-state index in [1.807, 2.05) is 0 Å². The van der Waals surface area contributed by atoms with Crippen LogP contribution in [0.25, 0.3) is 0 Å². The summed E-state index contributed by atoms with van der Waals surface area (Å²) in [5.41, 5.74) is 0.685. The number of carbonyl (C=O) groups is 1. The van der Waals surface area contributed by atoms with Gasteiger partial charge >= 0.3 is 0 Å². The monoisotopic (exact) mass is 301 g/mol. The van der Waals surface area contributed by atoms with E-state index in [9.17, 15) is 4.79 Å². The number of amides is 1. The van der Waals surface area contributed by atoms with Gasteiger partial charge in [0.05, 0.1) is 11.8 Å². The fourth-order valence-electron chi connectivity index (χ4n) is 1.89. The molecule has 1 aliphatic rings. The lowest BCUT2D eigenvalue weighted by atomic mass is 9.82. The third-order valence-corrected chi connectivity index (χ3v) is 3.85. The number of nitrogens with one attached hydrogen (secondary N) is 1. The Kier molecular flexibility index (Phi) is 3.89. The molecule has 0 bridgehead atoms. The van der Waals surface area contributed by atoms with Crippen molar-refractivity contribution in [2.75, 3.05) is 19.8 Å². The number of ether oxygens (including phenoxy) is 1. The van der Waals surface area contributed by atoms with E-state index in [0.717, 1.165) is 26.1 Å². The first-order chi connectivity index (χ1) is 8.11. The normalized spacial score (nSPS) is 18.9. The molecule has 0 aliphatic carbocycles. The number of hydrogen-bond acceptors (Lipinski definition) is 3. The molecule has 17 heavy (non-hydrogen) atoms. The van der Waals surface area contributed by atoms with Gasteiger partial charge in [0, 0.05) is 19.8 Å². The molecule has 0 spiro atoms. The van der Waals surface area contributed by atoms with Gasteiger partial charge in [0.1, 0.15) is 0 Å². The van der Waals surface area contributed by atoms with E-state index in [0.29, 0.717) is 16.8 Å². The van der Waals surface area contributed by atoms with Crippen LogP contribution in [-0.2, 0) is 4.74 Å². The van der Waals surface area contributed by atoms with Crippen molar-refractivity contribution in [3.05, 3.63) is 22.6 Å². The molecule has 1 fully saturated rings. The van der Waals surface area contributed by atoms with Crippen molar-refractivity contribution >= 4 is 21.8 Å². The summed E-state index contributed by atoms with van der Waals surface area (Å²) in [6.45, 7) is 4.41. The van der Waals surface area contributed by atoms with Gasteiger partial charge in [0.25, 0.3) is 5.91 Å². The lowest BCUT2D eigenvalue weighted by molar-refractivity contribution is 0.0238. The predicted molar refractivity (Wildman–Crippen MR) is 66.9 cm³/mol. The standard InChI is InChI=1S/C12H16BrNO3/c1-12(3-6-16-7-4-12)8-14-11(15)9-2-5-17-10(9)13/h2,5H,3-4,6-8H2,1H3,(H,14,15). The Balaban J connectivity index is 1.90. The third-order valence-electron chi connectivity index (χ3n) is 3.24. The van der Waals surface area contributed by atoms with Gasteiger partial charge in [-0.15, -0.1) is 0 Å². The molecule has 2 rings (SSSR count). The largest absolute Gasteiger partial charge is 0.457 e. The molecule has 2 heterocycles. The van der Waals surface area contributed by atoms with Crippen LogP contribution in [0.5, 0.6) is 0 Å². The minimum Gasteiger partial charge on any atom is -0.457 e. The zero-order valence-electron chi connectivity index (χ0n) is 9.79. The highest BCUT2D eigenvalue weighted by molar-refractivity contribution is 9.10. The summed E-state index contributed by atoms with van der Waals surface area (Å²) >= 11 is 3.20. The summed E-state index contributed by atoms with van der Waals surface area (Å²) in [5, 5.41) is 2.95. The first kappa shape index (κ1) is 12.6. The van der Waals surface area contributed by atoms with Crippen molar-refractivity contribution in [2.24, 2.45) is 5.41 Å². The zero-order valence-corrected chi connectivity index (χ0v) is 11.4. The van der Waals surface area contributed by atoms with Crippen LogP contribution >= 0.6 is 15.9 Å². The Labute approximate surface area is 109 Å². The highest BCUT2D eigenvalue weighted by Crippen LogP contribution is 2.29. The molecule has 5 heteroatoms. The topological polar surface area (TPSA) is 51.5 Å². The van der Waals surface area contributed by atoms with Crippen molar-refractivity contribution in [1.82, 2.24) is 5.32 Å². The predicted octanol–water partition coefficient (Wildman–Crippen LogP) is 2.59. The van der Waals surface area contributed by atoms with E-state index in [1.165, 1.54) is 6.26 Å². The summed E-state index contributed by atoms with van der Waals surface area (Å²) in [6.07, 6.45) is 3.47. The number of halogens is 1. The second-order valence-corrected chi connectivity index (χ2v) is 5.43. The van der Waals surface area contributed by atoms with Crippen LogP contribution < -0.4 is 5.32 Å². The number of carbonyl (C=O) groups excluding carboxylic acids is 1. The molecule has 1 saturated heterocycles. The maximum absolute atomic E-state index is 11.9. The maximum Gasteiger partial charge on any atom is 0.255 e. The fraction of sp³-hybridized carbons (Fsp3) is 0.583. The summed E-state index contributed by atoms with van der Waals surface area (Å²) in [4.78, 5) is 11.9. The van der Waals surface area contributed by atoms with E-state index in [1.54, 1.807) is 6.07 Å². The molecule has 4 nitrogen and oxygen atoms in total. The first-order valence-corrected chi connectivity index (χ1v) is 6.49. The molecular weight excluding hydrogens is 286 g/mol. The minimum absolute atomic E-state index is 0.0988. The molecule has 0 saturated carbocycles. The van der Waals surface area contributed by atoms with Crippen molar-refractivity contribution in [1.29, 1.82) is 0 Å². The van der Waals surface area contributed by atoms with Crippen LogP contribution in [0.1, 0.15) is 30.1 Å². The number of furan rings is 1. The second-order valence-electron chi connectivity index (χ2n) is 4.71. The molecule has 0 radical (unpaired) electrons. The first-order valence-electron chi connectivity index (χ1n) is 5.70. The Morgan fingerprint density at radius 2 is 2.24 bits per heavy atom. The van der Waals surface area contributed by atoms with Crippen LogP contribution in [0, 0.1) is 5.41 Å². The molecule has 0 unspecified atom stereocenters. The Bertz CT molecular complexity index is 396. The van der Waals surface area contributed by atoms with E-state index >= 15 is 0 Å². The van der Waals surface area contributed by atoms with E-state index < -0.39 is 0 Å². The van der Waals surface area contributed by atoms with Crippen molar-refractivity contribution in [3.63, 3.8) is 0 Å². The van der Waals surface area contributed by atoms with Gasteiger partial charge in [-0.05, 0) is 40.3 Å². The lowest BCUT2D eigenvalue weighted by Gasteiger charge is -2.33. The fourth-order valence-corrected chi connectivity index (χ4v) is 2.31. The summed E-state index contributed by atoms with van der Waals surface area (Å²) in [7, 11) is 0. The molecule has 0 aromatic carbocycles. The van der Waals surface area contributed by atoms with Gasteiger partial charge in [-0.2, -0.15) is 0 Å². The second kappa shape index (κ2) is 5.23. The van der Waals surface area contributed by atoms with Gasteiger partial charge in [-0.3, -0.25) is 4.79 Å². The quantitative estimate of drug-likeness (QED) is 0.933. The zero-order chi connectivity index (χ0) is 12.3. The minimum atomic E-state index is -0.0988. The highest BCUT2D eigenvalue weighted by Gasteiger charge is 2.28. The average molecular weight is 302 g/mol. The average Bonchev–Trinajstić information content (AvgIpc) is 2.74. The lowest BCUT2D eigenvalue weighted by Crippen LogP contribution is -2.39. The highest BCUT2D eigenvalue weighted by atomic mass is 79.9. The summed E-state index contributed by atoms with van der Waals surface area (Å²) in [6, 6.07) is 1.66.